The second kappa shape index (κ2) is 13.3. The van der Waals surface area contributed by atoms with Gasteiger partial charge < -0.3 is 15.0 Å². The van der Waals surface area contributed by atoms with Crippen LogP contribution in [0.1, 0.15) is 10.4 Å². The number of azo groups is 2. The molecule has 0 bridgehead atoms. The van der Waals surface area contributed by atoms with Crippen molar-refractivity contribution >= 4 is 55.3 Å². The van der Waals surface area contributed by atoms with Crippen LogP contribution >= 0.6 is 0 Å². The minimum Gasteiger partial charge on any atom is -0.871 e. The molecule has 39 heavy (non-hydrogen) atoms. The molecule has 1 N–H and O–H groups in total. The number of nitro groups is 1. The van der Waals surface area contributed by atoms with E-state index in [9.17, 15) is 38.1 Å². The smallest absolute Gasteiger partial charge is 0.871 e. The Morgan fingerprint density at radius 3 is 2.00 bits per heavy atom. The molecule has 13 nitrogen and oxygen atoms in total. The maximum Gasteiger partial charge on any atom is 1.00 e. The number of rotatable bonds is 7. The normalized spacial score (nSPS) is 11.3. The number of carbonyl (C=O) groups is 1. The number of carbonyl (C=O) groups excluding carboxylic acids is 1. The Labute approximate surface area is 264 Å². The van der Waals surface area contributed by atoms with E-state index in [1.165, 1.54) is 54.6 Å². The van der Waals surface area contributed by atoms with E-state index in [1.807, 2.05) is 0 Å². The monoisotopic (exact) mass is 565 g/mol. The molecular weight excluding hydrogens is 552 g/mol. The van der Waals surface area contributed by atoms with Gasteiger partial charge in [0.2, 0.25) is 0 Å². The zero-order valence-electron chi connectivity index (χ0n) is 20.4. The summed E-state index contributed by atoms with van der Waals surface area (Å²) in [4.78, 5) is 21.3. The Hall–Kier alpha value is -3.08. The summed E-state index contributed by atoms with van der Waals surface area (Å²) in [7, 11) is -4.51. The molecule has 186 valence electrons. The molecule has 0 aromatic heterocycles. The zero-order chi connectivity index (χ0) is 26.7. The first-order valence-electron chi connectivity index (χ1n) is 10.2. The Balaban J connectivity index is 0.00000267. The molecule has 4 rings (SSSR count). The first-order valence-corrected chi connectivity index (χ1v) is 11.6. The summed E-state index contributed by atoms with van der Waals surface area (Å²) in [6.07, 6.45) is 0. The van der Waals surface area contributed by atoms with Crippen LogP contribution in [-0.4, -0.2) is 23.9 Å². The number of carboxylic acids is 1. The number of nitrogens with zero attached hydrogens (tertiary/aromatic N) is 5. The van der Waals surface area contributed by atoms with Crippen LogP contribution in [0, 0.1) is 10.1 Å². The summed E-state index contributed by atoms with van der Waals surface area (Å²) in [6, 6.07) is 15.6. The van der Waals surface area contributed by atoms with E-state index < -0.39 is 38.0 Å². The van der Waals surface area contributed by atoms with Crippen LogP contribution in [0.3, 0.4) is 0 Å². The van der Waals surface area contributed by atoms with Crippen LogP contribution in [-0.2, 0) is 10.1 Å². The van der Waals surface area contributed by atoms with Crippen molar-refractivity contribution in [3.63, 3.8) is 0 Å². The molecule has 0 heterocycles. The molecule has 0 amide bonds. The van der Waals surface area contributed by atoms with Crippen molar-refractivity contribution in [2.45, 2.75) is 4.90 Å². The molecule has 16 heteroatoms. The zero-order valence-corrected chi connectivity index (χ0v) is 25.2. The maximum absolute atomic E-state index is 12.5. The van der Waals surface area contributed by atoms with Gasteiger partial charge in [-0.3, -0.25) is 14.7 Å². The van der Waals surface area contributed by atoms with E-state index in [1.54, 1.807) is 6.07 Å². The first-order chi connectivity index (χ1) is 17.5. The van der Waals surface area contributed by atoms with E-state index in [2.05, 4.69) is 20.5 Å². The average Bonchev–Trinajstić information content (AvgIpc) is 2.86. The van der Waals surface area contributed by atoms with Crippen LogP contribution in [0.25, 0.3) is 10.8 Å². The van der Waals surface area contributed by atoms with Crippen molar-refractivity contribution in [2.24, 2.45) is 20.5 Å². The minimum absolute atomic E-state index is 0. The Bertz CT molecular complexity index is 1730. The van der Waals surface area contributed by atoms with Crippen molar-refractivity contribution in [3.8, 4) is 5.75 Å². The third-order valence-corrected chi connectivity index (χ3v) is 5.93. The number of hydrogen-bond donors (Lipinski definition) is 1. The van der Waals surface area contributed by atoms with Crippen molar-refractivity contribution in [1.82, 2.24) is 0 Å². The van der Waals surface area contributed by atoms with Gasteiger partial charge in [-0.25, -0.2) is 0 Å². The molecule has 0 fully saturated rings. The summed E-state index contributed by atoms with van der Waals surface area (Å²) in [5, 5.41) is 50.8. The van der Waals surface area contributed by atoms with Gasteiger partial charge >= 0.3 is 59.1 Å². The van der Waals surface area contributed by atoms with Crippen LogP contribution < -0.4 is 69.3 Å². The number of nitro benzene ring substituents is 1. The molecule has 0 saturated carbocycles. The fourth-order valence-electron chi connectivity index (χ4n) is 3.32. The number of carboxylic acid groups (broad SMARTS) is 1. The molecule has 4 aromatic carbocycles. The fraction of sp³-hybridized carbons (Fsp3) is 0. The molecule has 0 atom stereocenters. The van der Waals surface area contributed by atoms with Gasteiger partial charge in [0.1, 0.15) is 4.90 Å². The molecular formula is C23H13N5Na2O8S. The van der Waals surface area contributed by atoms with E-state index in [0.29, 0.717) is 5.39 Å². The van der Waals surface area contributed by atoms with Gasteiger partial charge in [-0.15, -0.1) is 5.11 Å². The standard InChI is InChI=1S/C23H15N5O8S.2Na/c29-22-18(23(30)31)11-14(12-20(22)27-24-13-7-9-15(10-8-13)28(32)33)25-26-19-5-1-4-17-16(19)3-2-6-21(17)37(34,35)36;;/h1-12,29H,(H,30,31)(H,34,35,36);;/q;2*+1/p-2. The quantitative estimate of drug-likeness (QED) is 0.0892. The van der Waals surface area contributed by atoms with Gasteiger partial charge in [-0.1, -0.05) is 30.0 Å². The van der Waals surface area contributed by atoms with Crippen molar-refractivity contribution in [2.75, 3.05) is 0 Å². The molecule has 0 radical (unpaired) electrons. The van der Waals surface area contributed by atoms with Gasteiger partial charge in [0.05, 0.1) is 33.6 Å². The molecule has 0 spiro atoms. The van der Waals surface area contributed by atoms with E-state index >= 15 is 0 Å². The van der Waals surface area contributed by atoms with Gasteiger partial charge in [-0.2, -0.15) is 23.8 Å². The maximum atomic E-state index is 12.5. The number of fused-ring (bicyclic) bond motifs is 1. The van der Waals surface area contributed by atoms with Crippen LogP contribution in [0.2, 0.25) is 0 Å². The van der Waals surface area contributed by atoms with Gasteiger partial charge in [0.15, 0.2) is 0 Å². The van der Waals surface area contributed by atoms with Crippen LogP contribution in [0.4, 0.5) is 28.4 Å². The predicted molar refractivity (Wildman–Crippen MR) is 125 cm³/mol. The SMILES string of the molecule is O=C([O-])c1cc(N=Nc2cccc3c(S(=O)(=O)O)cccc23)cc(N=Nc2ccc([N+](=O)[O-])cc2)c1[O-].[Na+].[Na+]. The second-order valence-corrected chi connectivity index (χ2v) is 8.80. The van der Waals surface area contributed by atoms with Crippen molar-refractivity contribution < 1.29 is 92.0 Å². The van der Waals surface area contributed by atoms with Crippen LogP contribution in [0.15, 0.2) is 98.1 Å². The molecule has 0 unspecified atom stereocenters. The summed E-state index contributed by atoms with van der Waals surface area (Å²) < 4.78 is 32.8. The molecule has 0 aliphatic heterocycles. The second-order valence-electron chi connectivity index (χ2n) is 7.41. The Morgan fingerprint density at radius 2 is 1.38 bits per heavy atom. The largest absolute Gasteiger partial charge is 1.00 e. The van der Waals surface area contributed by atoms with E-state index in [4.69, 9.17) is 0 Å². The summed E-state index contributed by atoms with van der Waals surface area (Å²) in [5.41, 5.74) is -1.07. The number of hydrogen-bond acceptors (Lipinski definition) is 11. The number of benzene rings is 4. The molecule has 0 aliphatic carbocycles. The van der Waals surface area contributed by atoms with Crippen molar-refractivity contribution in [3.05, 3.63) is 88.5 Å². The molecule has 0 saturated heterocycles. The predicted octanol–water partition coefficient (Wildman–Crippen LogP) is -1.73. The van der Waals surface area contributed by atoms with E-state index in [0.717, 1.165) is 12.1 Å². The van der Waals surface area contributed by atoms with Crippen molar-refractivity contribution in [1.29, 1.82) is 0 Å². The van der Waals surface area contributed by atoms with Gasteiger partial charge in [-0.05, 0) is 42.0 Å². The summed E-state index contributed by atoms with van der Waals surface area (Å²) in [5.74, 6) is -2.77. The topological polar surface area (TPSA) is 210 Å². The fourth-order valence-corrected chi connectivity index (χ4v) is 4.03. The third-order valence-electron chi connectivity index (χ3n) is 5.02. The Kier molecular flexibility index (Phi) is 11.0. The Morgan fingerprint density at radius 1 is 0.795 bits per heavy atom. The first kappa shape index (κ1) is 32.1. The number of aromatic carboxylic acids is 1. The summed E-state index contributed by atoms with van der Waals surface area (Å²) in [6.45, 7) is 0. The number of non-ortho nitro benzene ring substituents is 1. The summed E-state index contributed by atoms with van der Waals surface area (Å²) >= 11 is 0. The third kappa shape index (κ3) is 7.52. The average molecular weight is 565 g/mol. The van der Waals surface area contributed by atoms with Gasteiger partial charge in [0.25, 0.3) is 15.8 Å². The van der Waals surface area contributed by atoms with E-state index in [-0.39, 0.29) is 92.1 Å². The molecule has 0 aliphatic rings. The van der Waals surface area contributed by atoms with Gasteiger partial charge in [0, 0.05) is 22.9 Å². The molecule has 4 aromatic rings. The minimum atomic E-state index is -4.51. The van der Waals surface area contributed by atoms with Crippen LogP contribution in [0.5, 0.6) is 5.75 Å².